The maximum Gasteiger partial charge on any atom is 0.0769 e. The Morgan fingerprint density at radius 2 is 2.20 bits per heavy atom. The van der Waals surface area contributed by atoms with Crippen LogP contribution in [0.25, 0.3) is 10.9 Å². The molecular formula is C15H22N4O. The van der Waals surface area contributed by atoms with Crippen LogP contribution in [0.1, 0.15) is 18.5 Å². The Morgan fingerprint density at radius 3 is 2.85 bits per heavy atom. The van der Waals surface area contributed by atoms with E-state index in [4.69, 9.17) is 10.6 Å². The van der Waals surface area contributed by atoms with Crippen LogP contribution in [0.5, 0.6) is 0 Å². The lowest BCUT2D eigenvalue weighted by molar-refractivity contribution is 0.0509. The maximum atomic E-state index is 5.75. The minimum Gasteiger partial charge on any atom is -0.379 e. The molecule has 108 valence electrons. The van der Waals surface area contributed by atoms with Gasteiger partial charge in [0.2, 0.25) is 0 Å². The Hall–Kier alpha value is -1.43. The van der Waals surface area contributed by atoms with Crippen molar-refractivity contribution in [2.45, 2.75) is 31.4 Å². The van der Waals surface area contributed by atoms with E-state index in [1.54, 1.807) is 7.11 Å². The minimum atomic E-state index is 0.103. The molecule has 20 heavy (non-hydrogen) atoms. The SMILES string of the molecule is COC(C1CC1)C(Cc1nn(C)c2ccccc12)NN. The molecule has 0 radical (unpaired) electrons. The van der Waals surface area contributed by atoms with Gasteiger partial charge in [-0.2, -0.15) is 5.10 Å². The summed E-state index contributed by atoms with van der Waals surface area (Å²) in [7, 11) is 3.75. The second kappa shape index (κ2) is 5.52. The first-order chi connectivity index (χ1) is 9.74. The van der Waals surface area contributed by atoms with Gasteiger partial charge in [-0.3, -0.25) is 16.0 Å². The third kappa shape index (κ3) is 2.44. The number of nitrogens with two attached hydrogens (primary N) is 1. The van der Waals surface area contributed by atoms with Gasteiger partial charge < -0.3 is 4.74 Å². The lowest BCUT2D eigenvalue weighted by Gasteiger charge is -2.24. The highest BCUT2D eigenvalue weighted by Crippen LogP contribution is 2.36. The van der Waals surface area contributed by atoms with Crippen LogP contribution in [0.3, 0.4) is 0 Å². The van der Waals surface area contributed by atoms with Crippen LogP contribution in [0, 0.1) is 5.92 Å². The van der Waals surface area contributed by atoms with E-state index >= 15 is 0 Å². The summed E-state index contributed by atoms with van der Waals surface area (Å²) in [6.07, 6.45) is 3.42. The molecule has 1 aliphatic carbocycles. The van der Waals surface area contributed by atoms with Gasteiger partial charge in [0.25, 0.3) is 0 Å². The van der Waals surface area contributed by atoms with Gasteiger partial charge in [-0.15, -0.1) is 0 Å². The van der Waals surface area contributed by atoms with Crippen molar-refractivity contribution in [3.05, 3.63) is 30.0 Å². The zero-order valence-electron chi connectivity index (χ0n) is 12.0. The molecule has 1 aromatic carbocycles. The Labute approximate surface area is 119 Å². The van der Waals surface area contributed by atoms with Gasteiger partial charge in [0, 0.05) is 26.0 Å². The second-order valence-corrected chi connectivity index (χ2v) is 5.60. The van der Waals surface area contributed by atoms with Gasteiger partial charge >= 0.3 is 0 Å². The Morgan fingerprint density at radius 1 is 1.45 bits per heavy atom. The molecule has 0 amide bonds. The normalized spacial score (nSPS) is 18.4. The first-order valence-corrected chi connectivity index (χ1v) is 7.14. The summed E-state index contributed by atoms with van der Waals surface area (Å²) in [6.45, 7) is 0. The fourth-order valence-corrected chi connectivity index (χ4v) is 3.03. The smallest absolute Gasteiger partial charge is 0.0769 e. The van der Waals surface area contributed by atoms with Crippen molar-refractivity contribution in [2.75, 3.05) is 7.11 Å². The van der Waals surface area contributed by atoms with Crippen LogP contribution in [-0.4, -0.2) is 29.0 Å². The number of hydrogen-bond acceptors (Lipinski definition) is 4. The molecule has 0 bridgehead atoms. The molecule has 2 atom stereocenters. The first kappa shape index (κ1) is 13.5. The maximum absolute atomic E-state index is 5.75. The summed E-state index contributed by atoms with van der Waals surface area (Å²) in [5.41, 5.74) is 5.15. The quantitative estimate of drug-likeness (QED) is 0.617. The zero-order valence-corrected chi connectivity index (χ0v) is 12.0. The van der Waals surface area contributed by atoms with Gasteiger partial charge in [0.1, 0.15) is 0 Å². The van der Waals surface area contributed by atoms with Gasteiger partial charge in [-0.25, -0.2) is 0 Å². The first-order valence-electron chi connectivity index (χ1n) is 7.14. The topological polar surface area (TPSA) is 65.1 Å². The molecular weight excluding hydrogens is 252 g/mol. The predicted octanol–water partition coefficient (Wildman–Crippen LogP) is 1.37. The number of nitrogens with zero attached hydrogens (tertiary/aromatic N) is 2. The molecule has 2 unspecified atom stereocenters. The van der Waals surface area contributed by atoms with Crippen molar-refractivity contribution in [1.82, 2.24) is 15.2 Å². The molecule has 1 aromatic heterocycles. The van der Waals surface area contributed by atoms with Crippen molar-refractivity contribution in [3.63, 3.8) is 0 Å². The van der Waals surface area contributed by atoms with E-state index in [2.05, 4.69) is 22.7 Å². The summed E-state index contributed by atoms with van der Waals surface area (Å²) >= 11 is 0. The molecule has 1 fully saturated rings. The second-order valence-electron chi connectivity index (χ2n) is 5.60. The fourth-order valence-electron chi connectivity index (χ4n) is 3.03. The summed E-state index contributed by atoms with van der Waals surface area (Å²) < 4.78 is 7.57. The van der Waals surface area contributed by atoms with E-state index in [-0.39, 0.29) is 12.1 Å². The van der Waals surface area contributed by atoms with Crippen LogP contribution in [-0.2, 0) is 18.2 Å². The van der Waals surface area contributed by atoms with Crippen LogP contribution in [0.2, 0.25) is 0 Å². The summed E-state index contributed by atoms with van der Waals surface area (Å²) in [4.78, 5) is 0. The van der Waals surface area contributed by atoms with Gasteiger partial charge in [0.05, 0.1) is 23.4 Å². The van der Waals surface area contributed by atoms with E-state index in [1.165, 1.54) is 18.2 Å². The molecule has 1 heterocycles. The fraction of sp³-hybridized carbons (Fsp3) is 0.533. The van der Waals surface area contributed by atoms with Crippen LogP contribution >= 0.6 is 0 Å². The Kier molecular flexibility index (Phi) is 3.74. The zero-order chi connectivity index (χ0) is 14.1. The number of ether oxygens (including phenoxy) is 1. The summed E-state index contributed by atoms with van der Waals surface area (Å²) in [5, 5.41) is 5.83. The van der Waals surface area contributed by atoms with E-state index < -0.39 is 0 Å². The molecule has 3 rings (SSSR count). The number of aromatic nitrogens is 2. The number of rotatable bonds is 6. The Balaban J connectivity index is 1.87. The molecule has 0 spiro atoms. The standard InChI is InChI=1S/C15H22N4O/c1-19-14-6-4-3-5-11(14)12(18-19)9-13(17-16)15(20-2)10-7-8-10/h3-6,10,13,15,17H,7-9,16H2,1-2H3. The average Bonchev–Trinajstić information content (AvgIpc) is 3.25. The monoisotopic (exact) mass is 274 g/mol. The van der Waals surface area contributed by atoms with E-state index in [1.807, 2.05) is 23.9 Å². The van der Waals surface area contributed by atoms with Gasteiger partial charge in [-0.05, 0) is 24.8 Å². The number of para-hydroxylation sites is 1. The molecule has 5 nitrogen and oxygen atoms in total. The largest absolute Gasteiger partial charge is 0.379 e. The third-order valence-electron chi connectivity index (χ3n) is 4.22. The molecule has 0 saturated heterocycles. The molecule has 5 heteroatoms. The van der Waals surface area contributed by atoms with Crippen molar-refractivity contribution in [2.24, 2.45) is 18.8 Å². The van der Waals surface area contributed by atoms with Crippen LogP contribution in [0.4, 0.5) is 0 Å². The average molecular weight is 274 g/mol. The molecule has 0 aliphatic heterocycles. The van der Waals surface area contributed by atoms with Crippen molar-refractivity contribution < 1.29 is 4.74 Å². The van der Waals surface area contributed by atoms with Crippen molar-refractivity contribution >= 4 is 10.9 Å². The highest BCUT2D eigenvalue weighted by atomic mass is 16.5. The molecule has 2 aromatic rings. The van der Waals surface area contributed by atoms with Gasteiger partial charge in [0.15, 0.2) is 0 Å². The highest BCUT2D eigenvalue weighted by Gasteiger charge is 2.37. The van der Waals surface area contributed by atoms with E-state index in [9.17, 15) is 0 Å². The molecule has 1 aliphatic rings. The molecule has 1 saturated carbocycles. The third-order valence-corrected chi connectivity index (χ3v) is 4.22. The number of fused-ring (bicyclic) bond motifs is 1. The summed E-state index contributed by atoms with van der Waals surface area (Å²) in [5.74, 6) is 6.38. The lowest BCUT2D eigenvalue weighted by Crippen LogP contribution is -2.47. The van der Waals surface area contributed by atoms with Gasteiger partial charge in [-0.1, -0.05) is 18.2 Å². The number of benzene rings is 1. The van der Waals surface area contributed by atoms with E-state index in [0.29, 0.717) is 5.92 Å². The number of methoxy groups -OCH3 is 1. The van der Waals surface area contributed by atoms with Crippen molar-refractivity contribution in [1.29, 1.82) is 0 Å². The number of aryl methyl sites for hydroxylation is 1. The van der Waals surface area contributed by atoms with Crippen molar-refractivity contribution in [3.8, 4) is 0 Å². The number of hydrazine groups is 1. The van der Waals surface area contributed by atoms with Crippen LogP contribution in [0.15, 0.2) is 24.3 Å². The predicted molar refractivity (Wildman–Crippen MR) is 79.1 cm³/mol. The lowest BCUT2D eigenvalue weighted by atomic mass is 10.0. The Bertz CT molecular complexity index is 591. The minimum absolute atomic E-state index is 0.103. The summed E-state index contributed by atoms with van der Waals surface area (Å²) in [6, 6.07) is 8.39. The highest BCUT2D eigenvalue weighted by molar-refractivity contribution is 5.81. The number of nitrogens with one attached hydrogen (secondary N) is 1. The number of hydrogen-bond donors (Lipinski definition) is 2. The van der Waals surface area contributed by atoms with E-state index in [0.717, 1.165) is 17.6 Å². The van der Waals surface area contributed by atoms with Crippen LogP contribution < -0.4 is 11.3 Å². The molecule has 3 N–H and O–H groups in total.